The summed E-state index contributed by atoms with van der Waals surface area (Å²) >= 11 is 0. The fraction of sp³-hybridized carbons (Fsp3) is 0. The Balaban J connectivity index is 1.09. The first-order valence-electron chi connectivity index (χ1n) is 25.0. The topological polar surface area (TPSA) is 3.24 Å². The van der Waals surface area contributed by atoms with Crippen LogP contribution in [0.3, 0.4) is 0 Å². The van der Waals surface area contributed by atoms with Crippen molar-refractivity contribution in [3.05, 3.63) is 261 Å². The van der Waals surface area contributed by atoms with Gasteiger partial charge in [0.25, 0.3) is 0 Å². The van der Waals surface area contributed by atoms with Crippen LogP contribution in [0.2, 0.25) is 0 Å². The van der Waals surface area contributed by atoms with Gasteiger partial charge in [-0.3, -0.25) is 0 Å². The van der Waals surface area contributed by atoms with Crippen LogP contribution < -0.4 is 4.90 Å². The van der Waals surface area contributed by atoms with Gasteiger partial charge in [0.15, 0.2) is 0 Å². The predicted octanol–water partition coefficient (Wildman–Crippen LogP) is 17.5. The molecular formula is C62H43N. The molecule has 0 saturated carbocycles. The van der Waals surface area contributed by atoms with E-state index < -0.39 is 24.2 Å². The van der Waals surface area contributed by atoms with E-state index in [1.165, 1.54) is 4.90 Å². The first-order valence-corrected chi connectivity index (χ1v) is 21.0. The van der Waals surface area contributed by atoms with Crippen molar-refractivity contribution in [2.45, 2.75) is 0 Å². The van der Waals surface area contributed by atoms with Crippen LogP contribution in [0.15, 0.2) is 261 Å². The zero-order valence-corrected chi connectivity index (χ0v) is 34.2. The Morgan fingerprint density at radius 1 is 0.254 bits per heavy atom. The smallest absolute Gasteiger partial charge is 0.0645 e. The second kappa shape index (κ2) is 16.7. The number of anilines is 3. The number of hydrogen-bond donors (Lipinski definition) is 0. The summed E-state index contributed by atoms with van der Waals surface area (Å²) in [6.07, 6.45) is 0. The molecule has 0 radical (unpaired) electrons. The van der Waals surface area contributed by atoms with Gasteiger partial charge in [-0.2, -0.15) is 0 Å². The van der Waals surface area contributed by atoms with E-state index in [2.05, 4.69) is 42.5 Å². The molecule has 0 N–H and O–H groups in total. The van der Waals surface area contributed by atoms with Crippen molar-refractivity contribution < 1.29 is 11.0 Å². The van der Waals surface area contributed by atoms with Crippen LogP contribution in [0.25, 0.3) is 88.3 Å². The third-order valence-electron chi connectivity index (χ3n) is 11.6. The van der Waals surface area contributed by atoms with Crippen molar-refractivity contribution in [2.24, 2.45) is 0 Å². The largest absolute Gasteiger partial charge is 0.311 e. The lowest BCUT2D eigenvalue weighted by Crippen LogP contribution is -2.09. The van der Waals surface area contributed by atoms with Crippen molar-refractivity contribution in [2.75, 3.05) is 4.90 Å². The molecule has 0 amide bonds. The summed E-state index contributed by atoms with van der Waals surface area (Å²) < 4.78 is 77.4. The molecule has 1 heteroatoms. The minimum atomic E-state index is -0.406. The summed E-state index contributed by atoms with van der Waals surface area (Å²) in [6, 6.07) is 65.7. The minimum Gasteiger partial charge on any atom is -0.311 e. The van der Waals surface area contributed by atoms with E-state index in [0.29, 0.717) is 16.8 Å². The maximum absolute atomic E-state index is 9.80. The maximum atomic E-state index is 9.80. The summed E-state index contributed by atoms with van der Waals surface area (Å²) in [4.78, 5) is 1.36. The maximum Gasteiger partial charge on any atom is 0.0645 e. The monoisotopic (exact) mass is 809 g/mol. The van der Waals surface area contributed by atoms with Gasteiger partial charge in [-0.25, -0.2) is 0 Å². The van der Waals surface area contributed by atoms with Gasteiger partial charge in [-0.15, -0.1) is 0 Å². The fourth-order valence-corrected chi connectivity index (χ4v) is 8.42. The van der Waals surface area contributed by atoms with E-state index in [1.54, 1.807) is 18.2 Å². The Kier molecular flexibility index (Phi) is 7.90. The molecule has 296 valence electrons. The molecule has 11 aromatic carbocycles. The highest BCUT2D eigenvalue weighted by molar-refractivity contribution is 6.04. The summed E-state index contributed by atoms with van der Waals surface area (Å²) in [6.45, 7) is 0. The molecule has 0 heterocycles. The van der Waals surface area contributed by atoms with E-state index in [-0.39, 0.29) is 46.7 Å². The third kappa shape index (κ3) is 7.58. The van der Waals surface area contributed by atoms with Crippen LogP contribution in [-0.2, 0) is 0 Å². The number of benzene rings is 11. The van der Waals surface area contributed by atoms with Gasteiger partial charge >= 0.3 is 0 Å². The molecule has 0 aromatic heterocycles. The van der Waals surface area contributed by atoms with Crippen molar-refractivity contribution in [3.63, 3.8) is 0 Å². The molecule has 0 spiro atoms. The fourth-order valence-electron chi connectivity index (χ4n) is 8.42. The Hall–Kier alpha value is -8.26. The van der Waals surface area contributed by atoms with E-state index in [9.17, 15) is 11.0 Å². The van der Waals surface area contributed by atoms with Crippen LogP contribution >= 0.6 is 0 Å². The van der Waals surface area contributed by atoms with Crippen LogP contribution in [0.5, 0.6) is 0 Å². The second-order valence-corrected chi connectivity index (χ2v) is 15.5. The minimum absolute atomic E-state index is 0.0998. The molecule has 11 rings (SSSR count). The highest BCUT2D eigenvalue weighted by Gasteiger charge is 2.16. The molecule has 0 aliphatic carbocycles. The van der Waals surface area contributed by atoms with Crippen molar-refractivity contribution in [1.82, 2.24) is 0 Å². The summed E-state index contributed by atoms with van der Waals surface area (Å²) in [5, 5.41) is 4.14. The van der Waals surface area contributed by atoms with Gasteiger partial charge in [0.05, 0.1) is 11.0 Å². The highest BCUT2D eigenvalue weighted by atomic mass is 15.1. The molecule has 1 nitrogen and oxygen atoms in total. The average Bonchev–Trinajstić information content (AvgIpc) is 3.42. The van der Waals surface area contributed by atoms with Crippen molar-refractivity contribution >= 4 is 38.6 Å². The van der Waals surface area contributed by atoms with E-state index in [1.807, 2.05) is 152 Å². The lowest BCUT2D eigenvalue weighted by Gasteiger charge is -2.26. The van der Waals surface area contributed by atoms with E-state index in [4.69, 9.17) is 0 Å². The molecule has 11 aromatic rings. The molecule has 0 atom stereocenters. The molecule has 0 saturated heterocycles. The van der Waals surface area contributed by atoms with Crippen molar-refractivity contribution in [1.29, 1.82) is 0 Å². The van der Waals surface area contributed by atoms with Gasteiger partial charge in [0.1, 0.15) is 0 Å². The van der Waals surface area contributed by atoms with Crippen LogP contribution in [-0.4, -0.2) is 0 Å². The number of hydrogen-bond acceptors (Lipinski definition) is 1. The highest BCUT2D eigenvalue weighted by Crippen LogP contribution is 2.42. The Labute approximate surface area is 380 Å². The SMILES string of the molecule is [2H]c1c([2H])c(N(c2ccc(-c3cccc(-c4ccc5ccccc5c4)c3)cc2)c2c([2H])c([2H])c(-c3ccc4ccccc4c3-c3ccccc3)c([2H])c2[2H])c([2H])c([2H])c1-c1cccc(-c2ccccc2)c1. The normalized spacial score (nSPS) is 13.0. The first-order chi connectivity index (χ1) is 34.6. The van der Waals surface area contributed by atoms with Gasteiger partial charge in [0, 0.05) is 17.1 Å². The summed E-state index contributed by atoms with van der Waals surface area (Å²) in [7, 11) is 0. The van der Waals surface area contributed by atoms with Gasteiger partial charge in [-0.1, -0.05) is 206 Å². The van der Waals surface area contributed by atoms with E-state index in [0.717, 1.165) is 66.1 Å². The van der Waals surface area contributed by atoms with Crippen LogP contribution in [0, 0.1) is 0 Å². The lowest BCUT2D eigenvalue weighted by atomic mass is 9.90. The van der Waals surface area contributed by atoms with Crippen LogP contribution in [0.1, 0.15) is 11.0 Å². The van der Waals surface area contributed by atoms with E-state index >= 15 is 0 Å². The number of nitrogens with zero attached hydrogens (tertiary/aromatic N) is 1. The number of fused-ring (bicyclic) bond motifs is 2. The molecule has 63 heavy (non-hydrogen) atoms. The summed E-state index contributed by atoms with van der Waals surface area (Å²) in [5.74, 6) is 0. The molecular weight excluding hydrogens is 759 g/mol. The van der Waals surface area contributed by atoms with Crippen molar-refractivity contribution in [3.8, 4) is 66.8 Å². The third-order valence-corrected chi connectivity index (χ3v) is 11.6. The van der Waals surface area contributed by atoms with Gasteiger partial charge < -0.3 is 4.90 Å². The average molecular weight is 810 g/mol. The Bertz CT molecular complexity index is 3800. The Morgan fingerprint density at radius 2 is 0.698 bits per heavy atom. The zero-order valence-electron chi connectivity index (χ0n) is 42.2. The molecule has 0 aliphatic rings. The molecule has 0 aliphatic heterocycles. The standard InChI is InChI=1S/C62H43N/c1-3-13-44(14-4-1)52-20-11-21-53(41-52)46-27-34-57(35-28-46)63(58-36-29-47(30-37-58)54-22-12-23-55(42-54)56-26-25-45-15-7-8-19-51(45)43-56)59-38-31-49(32-39-59)61-40-33-48-16-9-10-24-60(48)62(61)50-17-5-2-6-18-50/h1-43H/i27D,28D,31D,32D,34D,35D,38D,39D. The molecule has 0 unspecified atom stereocenters. The Morgan fingerprint density at radius 3 is 1.35 bits per heavy atom. The van der Waals surface area contributed by atoms with Crippen LogP contribution in [0.4, 0.5) is 17.1 Å². The number of rotatable bonds is 9. The zero-order chi connectivity index (χ0) is 48.9. The predicted molar refractivity (Wildman–Crippen MR) is 269 cm³/mol. The molecule has 0 fully saturated rings. The quantitative estimate of drug-likeness (QED) is 0.140. The first kappa shape index (κ1) is 29.9. The second-order valence-electron chi connectivity index (χ2n) is 15.5. The van der Waals surface area contributed by atoms with Gasteiger partial charge in [-0.05, 0) is 143 Å². The molecule has 0 bridgehead atoms. The summed E-state index contributed by atoms with van der Waals surface area (Å²) in [5.41, 5.74) is 8.39. The lowest BCUT2D eigenvalue weighted by molar-refractivity contribution is 1.28. The van der Waals surface area contributed by atoms with Gasteiger partial charge in [0.2, 0.25) is 0 Å².